The van der Waals surface area contributed by atoms with Crippen molar-refractivity contribution in [1.29, 1.82) is 0 Å². The van der Waals surface area contributed by atoms with Gasteiger partial charge in [0.1, 0.15) is 17.5 Å². The summed E-state index contributed by atoms with van der Waals surface area (Å²) >= 11 is 0. The summed E-state index contributed by atoms with van der Waals surface area (Å²) in [6.07, 6.45) is 3.45. The van der Waals surface area contributed by atoms with Gasteiger partial charge in [-0.1, -0.05) is 0 Å². The summed E-state index contributed by atoms with van der Waals surface area (Å²) in [7, 11) is 1.77. The summed E-state index contributed by atoms with van der Waals surface area (Å²) in [5, 5.41) is 3.33. The molecule has 1 aromatic rings. The maximum absolute atomic E-state index is 5.82. The molecule has 1 heterocycles. The van der Waals surface area contributed by atoms with Crippen LogP contribution in [0.25, 0.3) is 0 Å². The molecule has 0 unspecified atom stereocenters. The molecule has 1 fully saturated rings. The van der Waals surface area contributed by atoms with Gasteiger partial charge in [-0.3, -0.25) is 0 Å². The van der Waals surface area contributed by atoms with Crippen molar-refractivity contribution in [1.82, 2.24) is 9.97 Å². The molecular weight excluding hydrogens is 216 g/mol. The van der Waals surface area contributed by atoms with Crippen LogP contribution in [0.3, 0.4) is 0 Å². The first-order chi connectivity index (χ1) is 8.06. The Hall–Kier alpha value is -1.36. The van der Waals surface area contributed by atoms with E-state index in [2.05, 4.69) is 15.3 Å². The lowest BCUT2D eigenvalue weighted by Gasteiger charge is -2.40. The van der Waals surface area contributed by atoms with E-state index >= 15 is 0 Å². The predicted octanol–water partition coefficient (Wildman–Crippen LogP) is 1.66. The average Bonchev–Trinajstić information content (AvgIpc) is 2.23. The molecule has 94 valence electrons. The van der Waals surface area contributed by atoms with E-state index in [4.69, 9.17) is 10.5 Å². The van der Waals surface area contributed by atoms with Gasteiger partial charge in [-0.2, -0.15) is 0 Å². The van der Waals surface area contributed by atoms with Crippen molar-refractivity contribution in [2.45, 2.75) is 38.7 Å². The van der Waals surface area contributed by atoms with Crippen LogP contribution in [0.15, 0.2) is 0 Å². The van der Waals surface area contributed by atoms with Crippen molar-refractivity contribution < 1.29 is 4.74 Å². The molecule has 5 nitrogen and oxygen atoms in total. The fourth-order valence-electron chi connectivity index (χ4n) is 2.09. The maximum atomic E-state index is 5.82. The molecule has 0 bridgehead atoms. The molecule has 0 atom stereocenters. The van der Waals surface area contributed by atoms with Crippen molar-refractivity contribution in [3.8, 4) is 0 Å². The van der Waals surface area contributed by atoms with Crippen LogP contribution in [0.2, 0.25) is 0 Å². The molecule has 1 saturated carbocycles. The van der Waals surface area contributed by atoms with Crippen LogP contribution in [0.4, 0.5) is 11.6 Å². The van der Waals surface area contributed by atoms with Crippen LogP contribution in [-0.4, -0.2) is 29.2 Å². The van der Waals surface area contributed by atoms with Gasteiger partial charge in [-0.15, -0.1) is 0 Å². The molecule has 17 heavy (non-hydrogen) atoms. The fourth-order valence-corrected chi connectivity index (χ4v) is 2.09. The molecule has 0 spiro atoms. The summed E-state index contributed by atoms with van der Waals surface area (Å²) in [6, 6.07) is 0. The highest BCUT2D eigenvalue weighted by atomic mass is 16.5. The van der Waals surface area contributed by atoms with Gasteiger partial charge >= 0.3 is 0 Å². The number of nitrogens with one attached hydrogen (secondary N) is 1. The Balaban J connectivity index is 2.08. The zero-order valence-corrected chi connectivity index (χ0v) is 10.7. The van der Waals surface area contributed by atoms with Gasteiger partial charge in [-0.05, 0) is 33.1 Å². The number of hydrogen-bond acceptors (Lipinski definition) is 5. The molecule has 1 aromatic heterocycles. The van der Waals surface area contributed by atoms with Crippen LogP contribution in [0.5, 0.6) is 0 Å². The Labute approximate surface area is 102 Å². The van der Waals surface area contributed by atoms with Gasteiger partial charge in [0.25, 0.3) is 0 Å². The SMILES string of the molecule is COC1(CNc2nc(C)nc(N)c2C)CCC1. The minimum Gasteiger partial charge on any atom is -0.383 e. The summed E-state index contributed by atoms with van der Waals surface area (Å²) in [6.45, 7) is 4.55. The third kappa shape index (κ3) is 2.34. The van der Waals surface area contributed by atoms with Crippen molar-refractivity contribution in [3.63, 3.8) is 0 Å². The molecule has 0 amide bonds. The van der Waals surface area contributed by atoms with Gasteiger partial charge in [0, 0.05) is 19.2 Å². The third-order valence-electron chi connectivity index (χ3n) is 3.57. The van der Waals surface area contributed by atoms with Crippen molar-refractivity contribution in [2.75, 3.05) is 24.7 Å². The number of ether oxygens (including phenoxy) is 1. The Morgan fingerprint density at radius 2 is 2.06 bits per heavy atom. The first kappa shape index (κ1) is 12.1. The molecule has 0 aliphatic heterocycles. The lowest BCUT2D eigenvalue weighted by Crippen LogP contribution is -2.45. The molecule has 3 N–H and O–H groups in total. The summed E-state index contributed by atoms with van der Waals surface area (Å²) in [4.78, 5) is 8.50. The number of aromatic nitrogens is 2. The van der Waals surface area contributed by atoms with E-state index in [1.54, 1.807) is 7.11 Å². The summed E-state index contributed by atoms with van der Waals surface area (Å²) in [5.74, 6) is 2.05. The van der Waals surface area contributed by atoms with E-state index in [1.165, 1.54) is 6.42 Å². The fraction of sp³-hybridized carbons (Fsp3) is 0.667. The second kappa shape index (κ2) is 4.49. The number of aryl methyl sites for hydroxylation is 1. The van der Waals surface area contributed by atoms with Gasteiger partial charge in [0.15, 0.2) is 0 Å². The van der Waals surface area contributed by atoms with Gasteiger partial charge in [0.05, 0.1) is 5.60 Å². The van der Waals surface area contributed by atoms with E-state index in [0.717, 1.165) is 30.8 Å². The number of methoxy groups -OCH3 is 1. The summed E-state index contributed by atoms with van der Waals surface area (Å²) in [5.41, 5.74) is 6.71. The Bertz CT molecular complexity index is 410. The van der Waals surface area contributed by atoms with E-state index in [-0.39, 0.29) is 5.60 Å². The Kier molecular flexibility index (Phi) is 3.19. The van der Waals surface area contributed by atoms with Crippen LogP contribution < -0.4 is 11.1 Å². The zero-order valence-electron chi connectivity index (χ0n) is 10.7. The number of nitrogens with zero attached hydrogens (tertiary/aromatic N) is 2. The molecule has 0 aromatic carbocycles. The van der Waals surface area contributed by atoms with E-state index in [1.807, 2.05) is 13.8 Å². The number of anilines is 2. The molecule has 5 heteroatoms. The quantitative estimate of drug-likeness (QED) is 0.831. The van der Waals surface area contributed by atoms with Gasteiger partial charge < -0.3 is 15.8 Å². The van der Waals surface area contributed by atoms with Crippen LogP contribution >= 0.6 is 0 Å². The van der Waals surface area contributed by atoms with Gasteiger partial charge in [-0.25, -0.2) is 9.97 Å². The highest BCUT2D eigenvalue weighted by Crippen LogP contribution is 2.35. The maximum Gasteiger partial charge on any atom is 0.134 e. The highest BCUT2D eigenvalue weighted by molar-refractivity contribution is 5.54. The van der Waals surface area contributed by atoms with E-state index in [9.17, 15) is 0 Å². The molecular formula is C12H20N4O. The Morgan fingerprint density at radius 3 is 2.59 bits per heavy atom. The molecule has 1 aliphatic rings. The van der Waals surface area contributed by atoms with E-state index < -0.39 is 0 Å². The van der Waals surface area contributed by atoms with Gasteiger partial charge in [0.2, 0.25) is 0 Å². The minimum absolute atomic E-state index is 0.0138. The first-order valence-corrected chi connectivity index (χ1v) is 5.96. The van der Waals surface area contributed by atoms with E-state index in [0.29, 0.717) is 11.6 Å². The smallest absolute Gasteiger partial charge is 0.134 e. The summed E-state index contributed by atoms with van der Waals surface area (Å²) < 4.78 is 5.56. The van der Waals surface area contributed by atoms with Crippen molar-refractivity contribution in [3.05, 3.63) is 11.4 Å². The van der Waals surface area contributed by atoms with Crippen LogP contribution in [-0.2, 0) is 4.74 Å². The topological polar surface area (TPSA) is 73.1 Å². The number of rotatable bonds is 4. The molecule has 0 radical (unpaired) electrons. The second-order valence-electron chi connectivity index (χ2n) is 4.72. The molecule has 2 rings (SSSR count). The standard InChI is InChI=1S/C12H20N4O/c1-8-10(13)15-9(2)16-11(8)14-7-12(17-3)5-4-6-12/h4-7H2,1-3H3,(H3,13,14,15,16). The number of nitrogen functional groups attached to an aromatic ring is 1. The third-order valence-corrected chi connectivity index (χ3v) is 3.57. The predicted molar refractivity (Wildman–Crippen MR) is 68.0 cm³/mol. The van der Waals surface area contributed by atoms with Crippen LogP contribution in [0.1, 0.15) is 30.7 Å². The zero-order chi connectivity index (χ0) is 12.5. The lowest BCUT2D eigenvalue weighted by molar-refractivity contribution is -0.0601. The monoisotopic (exact) mass is 236 g/mol. The minimum atomic E-state index is -0.0138. The van der Waals surface area contributed by atoms with Crippen molar-refractivity contribution >= 4 is 11.6 Å². The lowest BCUT2D eigenvalue weighted by atomic mass is 9.80. The normalized spacial score (nSPS) is 17.6. The number of hydrogen-bond donors (Lipinski definition) is 2. The van der Waals surface area contributed by atoms with Crippen molar-refractivity contribution in [2.24, 2.45) is 0 Å². The number of nitrogens with two attached hydrogens (primary N) is 1. The average molecular weight is 236 g/mol. The highest BCUT2D eigenvalue weighted by Gasteiger charge is 2.36. The second-order valence-corrected chi connectivity index (χ2v) is 4.72. The largest absolute Gasteiger partial charge is 0.383 e. The molecule has 0 saturated heterocycles. The first-order valence-electron chi connectivity index (χ1n) is 5.96. The molecule has 1 aliphatic carbocycles. The van der Waals surface area contributed by atoms with Crippen LogP contribution in [0, 0.1) is 13.8 Å². The Morgan fingerprint density at radius 1 is 1.35 bits per heavy atom.